The molecule has 0 aliphatic carbocycles. The monoisotopic (exact) mass is 324 g/mol. The van der Waals surface area contributed by atoms with Gasteiger partial charge in [0, 0.05) is 0 Å². The molecule has 1 rings (SSSR count). The number of benzene rings is 1. The molecule has 2 nitrogen and oxygen atoms in total. The number of ether oxygens (including phenoxy) is 1. The Morgan fingerprint density at radius 1 is 1.10 bits per heavy atom. The maximum atomic E-state index is 13.2. The third kappa shape index (κ3) is 3.75. The van der Waals surface area contributed by atoms with Crippen LogP contribution in [0.25, 0.3) is 0 Å². The van der Waals surface area contributed by atoms with Gasteiger partial charge in [-0.1, -0.05) is 17.7 Å². The van der Waals surface area contributed by atoms with Crippen molar-refractivity contribution in [1.82, 2.24) is 0 Å². The maximum Gasteiger partial charge on any atom is 0.434 e. The summed E-state index contributed by atoms with van der Waals surface area (Å²) in [6, 6.07) is 2.56. The van der Waals surface area contributed by atoms with Gasteiger partial charge >= 0.3 is 18.3 Å². The Bertz CT molecular complexity index is 475. The van der Waals surface area contributed by atoms with Crippen LogP contribution in [0.3, 0.4) is 0 Å². The van der Waals surface area contributed by atoms with E-state index in [1.165, 1.54) is 0 Å². The minimum absolute atomic E-state index is 0.638. The van der Waals surface area contributed by atoms with Crippen molar-refractivity contribution in [2.45, 2.75) is 18.5 Å². The minimum Gasteiger partial charge on any atom is -0.439 e. The van der Waals surface area contributed by atoms with Gasteiger partial charge < -0.3 is 4.74 Å². The minimum atomic E-state index is -5.88. The van der Waals surface area contributed by atoms with E-state index in [-0.39, 0.29) is 0 Å². The van der Waals surface area contributed by atoms with E-state index in [9.17, 15) is 35.5 Å². The molecule has 0 aliphatic heterocycles. The molecule has 0 aromatic heterocycles. The molecule has 0 atom stereocenters. The SMILES string of the molecule is O=C(OC(C(F)(F)F)C(F)(F)F)c1c(F)cccc1Cl. The van der Waals surface area contributed by atoms with Crippen LogP contribution in [0, 0.1) is 5.82 Å². The van der Waals surface area contributed by atoms with Crippen LogP contribution >= 0.6 is 11.6 Å². The van der Waals surface area contributed by atoms with Gasteiger partial charge in [0.15, 0.2) is 0 Å². The molecule has 112 valence electrons. The van der Waals surface area contributed by atoms with Gasteiger partial charge in [-0.15, -0.1) is 0 Å². The van der Waals surface area contributed by atoms with Crippen molar-refractivity contribution in [1.29, 1.82) is 0 Å². The zero-order valence-electron chi connectivity index (χ0n) is 9.15. The molecule has 0 saturated heterocycles. The summed E-state index contributed by atoms with van der Waals surface area (Å²) in [6.07, 6.45) is -16.1. The largest absolute Gasteiger partial charge is 0.439 e. The van der Waals surface area contributed by atoms with E-state index in [1.54, 1.807) is 0 Å². The smallest absolute Gasteiger partial charge is 0.434 e. The van der Waals surface area contributed by atoms with Crippen LogP contribution in [0.5, 0.6) is 0 Å². The predicted octanol–water partition coefficient (Wildman–Crippen LogP) is 4.13. The summed E-state index contributed by atoms with van der Waals surface area (Å²) in [7, 11) is 0. The van der Waals surface area contributed by atoms with E-state index in [1.807, 2.05) is 0 Å². The molecule has 0 radical (unpaired) electrons. The third-order valence-corrected chi connectivity index (χ3v) is 2.30. The van der Waals surface area contributed by atoms with Gasteiger partial charge in [-0.3, -0.25) is 0 Å². The van der Waals surface area contributed by atoms with Crippen LogP contribution in [0.4, 0.5) is 30.7 Å². The zero-order valence-corrected chi connectivity index (χ0v) is 9.91. The van der Waals surface area contributed by atoms with Crippen LogP contribution in [0.15, 0.2) is 18.2 Å². The topological polar surface area (TPSA) is 26.3 Å². The number of halogens is 8. The highest BCUT2D eigenvalue weighted by Crippen LogP contribution is 2.36. The summed E-state index contributed by atoms with van der Waals surface area (Å²) in [5, 5.41) is -0.668. The van der Waals surface area contributed by atoms with Crippen LogP contribution in [-0.2, 0) is 4.74 Å². The quantitative estimate of drug-likeness (QED) is 0.604. The molecule has 0 unspecified atom stereocenters. The van der Waals surface area contributed by atoms with Crippen molar-refractivity contribution in [3.63, 3.8) is 0 Å². The second kappa shape index (κ2) is 5.47. The van der Waals surface area contributed by atoms with Crippen molar-refractivity contribution in [3.05, 3.63) is 34.6 Å². The molecule has 0 amide bonds. The van der Waals surface area contributed by atoms with Gasteiger partial charge in [-0.05, 0) is 12.1 Å². The second-order valence-electron chi connectivity index (χ2n) is 3.47. The average Bonchev–Trinajstić information content (AvgIpc) is 2.22. The van der Waals surface area contributed by atoms with Gasteiger partial charge in [-0.2, -0.15) is 26.3 Å². The van der Waals surface area contributed by atoms with Crippen LogP contribution in [-0.4, -0.2) is 24.4 Å². The first-order valence-corrected chi connectivity index (χ1v) is 5.11. The number of esters is 1. The van der Waals surface area contributed by atoms with Crippen molar-refractivity contribution < 1.29 is 40.3 Å². The van der Waals surface area contributed by atoms with Gasteiger partial charge in [0.1, 0.15) is 11.4 Å². The first-order chi connectivity index (χ1) is 8.94. The highest BCUT2D eigenvalue weighted by Gasteiger charge is 2.60. The number of rotatable bonds is 2. The lowest BCUT2D eigenvalue weighted by Crippen LogP contribution is -2.45. The number of hydrogen-bond acceptors (Lipinski definition) is 2. The number of carbonyl (C=O) groups is 1. The molecule has 0 saturated carbocycles. The highest BCUT2D eigenvalue weighted by atomic mass is 35.5. The van der Waals surface area contributed by atoms with E-state index >= 15 is 0 Å². The lowest BCUT2D eigenvalue weighted by atomic mass is 10.2. The van der Waals surface area contributed by atoms with Crippen molar-refractivity contribution in [2.24, 2.45) is 0 Å². The first-order valence-electron chi connectivity index (χ1n) is 4.73. The van der Waals surface area contributed by atoms with E-state index in [0.717, 1.165) is 12.1 Å². The Balaban J connectivity index is 3.10. The van der Waals surface area contributed by atoms with Crippen LogP contribution in [0.1, 0.15) is 10.4 Å². The molecule has 0 N–H and O–H groups in total. The third-order valence-electron chi connectivity index (χ3n) is 1.99. The van der Waals surface area contributed by atoms with Gasteiger partial charge in [0.05, 0.1) is 5.02 Å². The molecule has 0 fully saturated rings. The molecular formula is C10H4ClF7O2. The normalized spacial score (nSPS) is 12.7. The fourth-order valence-electron chi connectivity index (χ4n) is 1.18. The molecule has 0 aliphatic rings. The summed E-state index contributed by atoms with van der Waals surface area (Å²) in [4.78, 5) is 11.2. The summed E-state index contributed by atoms with van der Waals surface area (Å²) >= 11 is 5.33. The highest BCUT2D eigenvalue weighted by molar-refractivity contribution is 6.33. The number of carbonyl (C=O) groups excluding carboxylic acids is 1. The lowest BCUT2D eigenvalue weighted by molar-refractivity contribution is -0.307. The summed E-state index contributed by atoms with van der Waals surface area (Å²) < 4.78 is 89.5. The zero-order chi connectivity index (χ0) is 15.7. The van der Waals surface area contributed by atoms with Crippen molar-refractivity contribution in [2.75, 3.05) is 0 Å². The first kappa shape index (κ1) is 16.5. The predicted molar refractivity (Wildman–Crippen MR) is 52.7 cm³/mol. The van der Waals surface area contributed by atoms with E-state index in [2.05, 4.69) is 4.74 Å². The number of alkyl halides is 6. The van der Waals surface area contributed by atoms with Crippen LogP contribution in [0.2, 0.25) is 5.02 Å². The molecule has 1 aromatic rings. The fourth-order valence-corrected chi connectivity index (χ4v) is 1.42. The Hall–Kier alpha value is -1.51. The average molecular weight is 325 g/mol. The molecule has 0 heterocycles. The molecule has 1 aromatic carbocycles. The Kier molecular flexibility index (Phi) is 4.52. The summed E-state index contributed by atoms with van der Waals surface area (Å²) in [6.45, 7) is 0. The van der Waals surface area contributed by atoms with Gasteiger partial charge in [0.2, 0.25) is 0 Å². The fraction of sp³-hybridized carbons (Fsp3) is 0.300. The Labute approximate surface area is 112 Å². The molecular weight excluding hydrogens is 321 g/mol. The number of hydrogen-bond donors (Lipinski definition) is 0. The standard InChI is InChI=1S/C10H4ClF7O2/c11-4-2-1-3-5(12)6(4)7(19)20-8(9(13,14)15)10(16,17)18/h1-3,8H. The molecule has 10 heteroatoms. The lowest BCUT2D eigenvalue weighted by Gasteiger charge is -2.23. The van der Waals surface area contributed by atoms with E-state index < -0.39 is 40.8 Å². The van der Waals surface area contributed by atoms with Crippen LogP contribution < -0.4 is 0 Å². The molecule has 20 heavy (non-hydrogen) atoms. The van der Waals surface area contributed by atoms with E-state index in [0.29, 0.717) is 6.07 Å². The summed E-state index contributed by atoms with van der Waals surface area (Å²) in [5.41, 5.74) is -1.20. The van der Waals surface area contributed by atoms with Gasteiger partial charge in [-0.25, -0.2) is 9.18 Å². The second-order valence-corrected chi connectivity index (χ2v) is 3.87. The Morgan fingerprint density at radius 3 is 2.00 bits per heavy atom. The Morgan fingerprint density at radius 2 is 1.60 bits per heavy atom. The van der Waals surface area contributed by atoms with Crippen molar-refractivity contribution >= 4 is 17.6 Å². The van der Waals surface area contributed by atoms with Gasteiger partial charge in [0.25, 0.3) is 6.10 Å². The van der Waals surface area contributed by atoms with Crippen molar-refractivity contribution in [3.8, 4) is 0 Å². The summed E-state index contributed by atoms with van der Waals surface area (Å²) in [5.74, 6) is -3.56. The van der Waals surface area contributed by atoms with E-state index in [4.69, 9.17) is 11.6 Å². The molecule has 0 spiro atoms. The maximum absolute atomic E-state index is 13.2. The molecule has 0 bridgehead atoms.